The summed E-state index contributed by atoms with van der Waals surface area (Å²) in [5, 5.41) is 3.23. The zero-order chi connectivity index (χ0) is 15.3. The first-order valence-electron chi connectivity index (χ1n) is 7.03. The van der Waals surface area contributed by atoms with Crippen LogP contribution in [0, 0.1) is 6.92 Å². The lowest BCUT2D eigenvalue weighted by Gasteiger charge is -2.16. The number of sulfone groups is 1. The monoisotopic (exact) mass is 314 g/mol. The normalized spacial score (nSPS) is 20.6. The van der Waals surface area contributed by atoms with Gasteiger partial charge in [-0.15, -0.1) is 0 Å². The highest BCUT2D eigenvalue weighted by molar-refractivity contribution is 7.91. The minimum atomic E-state index is -2.94. The van der Waals surface area contributed by atoms with Crippen LogP contribution >= 0.6 is 0 Å². The number of hydrogen-bond acceptors (Lipinski definition) is 6. The van der Waals surface area contributed by atoms with Gasteiger partial charge in [0.05, 0.1) is 23.8 Å². The third-order valence-electron chi connectivity index (χ3n) is 3.33. The molecule has 2 rings (SSSR count). The average molecular weight is 314 g/mol. The molecule has 0 amide bonds. The molecule has 1 unspecified atom stereocenters. The van der Waals surface area contributed by atoms with Gasteiger partial charge in [-0.05, 0) is 25.5 Å². The number of nitrogens with zero attached hydrogens (tertiary/aromatic N) is 1. The molecule has 0 aromatic carbocycles. The summed E-state index contributed by atoms with van der Waals surface area (Å²) in [7, 11) is -1.28. The standard InChI is InChI=1S/C14H22N2O4S/c1-11-3-4-14(13(16-11)9-15-6-7-19-2)20-12-5-8-21(17,18)10-12/h3-4,12,15H,5-10H2,1-2H3. The Kier molecular flexibility index (Phi) is 5.55. The van der Waals surface area contributed by atoms with Gasteiger partial charge in [0.25, 0.3) is 0 Å². The number of rotatable bonds is 7. The van der Waals surface area contributed by atoms with Crippen LogP contribution in [0.3, 0.4) is 0 Å². The molecular formula is C14H22N2O4S. The summed E-state index contributed by atoms with van der Waals surface area (Å²) < 4.78 is 33.8. The Morgan fingerprint density at radius 2 is 2.24 bits per heavy atom. The molecule has 1 aromatic rings. The SMILES string of the molecule is COCCNCc1nc(C)ccc1OC1CCS(=O)(=O)C1. The molecule has 0 bridgehead atoms. The van der Waals surface area contributed by atoms with Gasteiger partial charge in [-0.1, -0.05) is 0 Å². The summed E-state index contributed by atoms with van der Waals surface area (Å²) in [6.07, 6.45) is 0.282. The van der Waals surface area contributed by atoms with Crippen molar-refractivity contribution >= 4 is 9.84 Å². The molecular weight excluding hydrogens is 292 g/mol. The second kappa shape index (κ2) is 7.20. The molecule has 1 saturated heterocycles. The van der Waals surface area contributed by atoms with Gasteiger partial charge in [-0.3, -0.25) is 4.98 Å². The maximum absolute atomic E-state index is 11.5. The second-order valence-corrected chi connectivity index (χ2v) is 7.44. The van der Waals surface area contributed by atoms with Crippen molar-refractivity contribution in [2.45, 2.75) is 26.0 Å². The van der Waals surface area contributed by atoms with Gasteiger partial charge in [-0.2, -0.15) is 0 Å². The molecule has 0 radical (unpaired) electrons. The molecule has 1 fully saturated rings. The van der Waals surface area contributed by atoms with E-state index in [0.717, 1.165) is 17.9 Å². The largest absolute Gasteiger partial charge is 0.487 e. The number of methoxy groups -OCH3 is 1. The molecule has 6 nitrogen and oxygen atoms in total. The number of hydrogen-bond donors (Lipinski definition) is 1. The average Bonchev–Trinajstić information content (AvgIpc) is 2.77. The van der Waals surface area contributed by atoms with Gasteiger partial charge in [-0.25, -0.2) is 8.42 Å². The number of ether oxygens (including phenoxy) is 2. The van der Waals surface area contributed by atoms with Crippen molar-refractivity contribution in [3.63, 3.8) is 0 Å². The Morgan fingerprint density at radius 1 is 1.43 bits per heavy atom. The lowest BCUT2D eigenvalue weighted by Crippen LogP contribution is -2.22. The molecule has 7 heteroatoms. The van der Waals surface area contributed by atoms with Crippen LogP contribution in [0.1, 0.15) is 17.8 Å². The molecule has 1 aliphatic rings. The van der Waals surface area contributed by atoms with Crippen LogP contribution in [-0.2, 0) is 21.1 Å². The Balaban J connectivity index is 2.01. The number of pyridine rings is 1. The van der Waals surface area contributed by atoms with Crippen LogP contribution in [0.2, 0.25) is 0 Å². The van der Waals surface area contributed by atoms with Crippen molar-refractivity contribution in [2.75, 3.05) is 31.8 Å². The van der Waals surface area contributed by atoms with Gasteiger partial charge < -0.3 is 14.8 Å². The Morgan fingerprint density at radius 3 is 2.90 bits per heavy atom. The molecule has 118 valence electrons. The van der Waals surface area contributed by atoms with Gasteiger partial charge in [0.15, 0.2) is 9.84 Å². The summed E-state index contributed by atoms with van der Waals surface area (Å²) in [5.41, 5.74) is 1.71. The van der Waals surface area contributed by atoms with E-state index in [-0.39, 0.29) is 17.6 Å². The molecule has 0 aliphatic carbocycles. The molecule has 1 aromatic heterocycles. The van der Waals surface area contributed by atoms with Crippen LogP contribution in [0.15, 0.2) is 12.1 Å². The van der Waals surface area contributed by atoms with E-state index in [1.807, 2.05) is 19.1 Å². The third-order valence-corrected chi connectivity index (χ3v) is 5.07. The van der Waals surface area contributed by atoms with Crippen LogP contribution in [0.5, 0.6) is 5.75 Å². The van der Waals surface area contributed by atoms with Gasteiger partial charge in [0.1, 0.15) is 11.9 Å². The first kappa shape index (κ1) is 16.2. The maximum atomic E-state index is 11.5. The molecule has 2 heterocycles. The number of aryl methyl sites for hydroxylation is 1. The predicted molar refractivity (Wildman–Crippen MR) is 80.2 cm³/mol. The van der Waals surface area contributed by atoms with Crippen LogP contribution < -0.4 is 10.1 Å². The summed E-state index contributed by atoms with van der Waals surface area (Å²) in [6.45, 7) is 3.84. The first-order valence-corrected chi connectivity index (χ1v) is 8.85. The van der Waals surface area contributed by atoms with Crippen molar-refractivity contribution in [1.29, 1.82) is 0 Å². The van der Waals surface area contributed by atoms with Gasteiger partial charge in [0.2, 0.25) is 0 Å². The Bertz CT molecular complexity index is 574. The van der Waals surface area contributed by atoms with E-state index in [9.17, 15) is 8.42 Å². The zero-order valence-electron chi connectivity index (χ0n) is 12.5. The topological polar surface area (TPSA) is 77.5 Å². The fourth-order valence-electron chi connectivity index (χ4n) is 2.25. The van der Waals surface area contributed by atoms with E-state index in [1.165, 1.54) is 0 Å². The highest BCUT2D eigenvalue weighted by Crippen LogP contribution is 2.23. The van der Waals surface area contributed by atoms with Crippen molar-refractivity contribution in [3.05, 3.63) is 23.5 Å². The van der Waals surface area contributed by atoms with Crippen LogP contribution in [0.25, 0.3) is 0 Å². The molecule has 0 saturated carbocycles. The molecule has 1 N–H and O–H groups in total. The molecule has 1 atom stereocenters. The van der Waals surface area contributed by atoms with Crippen molar-refractivity contribution in [3.8, 4) is 5.75 Å². The van der Waals surface area contributed by atoms with Gasteiger partial charge in [0, 0.05) is 25.9 Å². The highest BCUT2D eigenvalue weighted by Gasteiger charge is 2.29. The lowest BCUT2D eigenvalue weighted by atomic mass is 10.2. The molecule has 21 heavy (non-hydrogen) atoms. The third kappa shape index (κ3) is 4.94. The maximum Gasteiger partial charge on any atom is 0.154 e. The zero-order valence-corrected chi connectivity index (χ0v) is 13.3. The minimum absolute atomic E-state index is 0.0947. The predicted octanol–water partition coefficient (Wildman–Crippen LogP) is 0.692. The number of nitrogens with one attached hydrogen (secondary N) is 1. The van der Waals surface area contributed by atoms with E-state index in [0.29, 0.717) is 25.3 Å². The molecule has 0 spiro atoms. The summed E-state index contributed by atoms with van der Waals surface area (Å²) in [4.78, 5) is 4.47. The van der Waals surface area contributed by atoms with Gasteiger partial charge >= 0.3 is 0 Å². The van der Waals surface area contributed by atoms with Crippen molar-refractivity contribution < 1.29 is 17.9 Å². The summed E-state index contributed by atoms with van der Waals surface area (Å²) >= 11 is 0. The van der Waals surface area contributed by atoms with Crippen LogP contribution in [-0.4, -0.2) is 51.3 Å². The van der Waals surface area contributed by atoms with Crippen molar-refractivity contribution in [2.24, 2.45) is 0 Å². The van der Waals surface area contributed by atoms with Crippen molar-refractivity contribution in [1.82, 2.24) is 10.3 Å². The highest BCUT2D eigenvalue weighted by atomic mass is 32.2. The Labute approximate surface area is 125 Å². The van der Waals surface area contributed by atoms with E-state index in [4.69, 9.17) is 9.47 Å². The Hall–Kier alpha value is -1.18. The van der Waals surface area contributed by atoms with E-state index < -0.39 is 9.84 Å². The molecule has 1 aliphatic heterocycles. The van der Waals surface area contributed by atoms with Crippen LogP contribution in [0.4, 0.5) is 0 Å². The van der Waals surface area contributed by atoms with E-state index in [1.54, 1.807) is 7.11 Å². The second-order valence-electron chi connectivity index (χ2n) is 5.21. The minimum Gasteiger partial charge on any atom is -0.487 e. The first-order chi connectivity index (χ1) is 10.00. The summed E-state index contributed by atoms with van der Waals surface area (Å²) in [5.74, 6) is 0.961. The van der Waals surface area contributed by atoms with E-state index >= 15 is 0 Å². The quantitative estimate of drug-likeness (QED) is 0.746. The summed E-state index contributed by atoms with van der Waals surface area (Å²) in [6, 6.07) is 3.73. The van der Waals surface area contributed by atoms with E-state index in [2.05, 4.69) is 10.3 Å². The smallest absolute Gasteiger partial charge is 0.154 e. The fraction of sp³-hybridized carbons (Fsp3) is 0.643. The fourth-order valence-corrected chi connectivity index (χ4v) is 3.84. The lowest BCUT2D eigenvalue weighted by molar-refractivity contribution is 0.198. The number of aromatic nitrogens is 1.